The zero-order chi connectivity index (χ0) is 17.1. The third-order valence-electron chi connectivity index (χ3n) is 3.53. The molecule has 1 aromatic carbocycles. The number of carbonyl (C=O) groups excluding carboxylic acids is 2. The van der Waals surface area contributed by atoms with Gasteiger partial charge in [0, 0.05) is 6.54 Å². The highest BCUT2D eigenvalue weighted by atomic mass is 16.5. The van der Waals surface area contributed by atoms with Crippen molar-refractivity contribution in [2.45, 2.75) is 20.1 Å². The van der Waals surface area contributed by atoms with Crippen LogP contribution in [0.25, 0.3) is 11.0 Å². The zero-order valence-electron chi connectivity index (χ0n) is 13.2. The maximum absolute atomic E-state index is 12.2. The van der Waals surface area contributed by atoms with Gasteiger partial charge in [-0.2, -0.15) is 0 Å². The average Bonchev–Trinajstić information content (AvgIpc) is 3.24. The van der Waals surface area contributed by atoms with Gasteiger partial charge in [-0.25, -0.2) is 14.3 Å². The Morgan fingerprint density at radius 1 is 1.25 bits per heavy atom. The summed E-state index contributed by atoms with van der Waals surface area (Å²) in [5.74, 6) is -0.865. The van der Waals surface area contributed by atoms with Crippen molar-refractivity contribution in [2.75, 3.05) is 7.11 Å². The molecule has 0 saturated heterocycles. The molecule has 0 aliphatic rings. The molecule has 3 rings (SSSR count). The number of aromatic nitrogens is 3. The molecule has 0 radical (unpaired) electrons. The summed E-state index contributed by atoms with van der Waals surface area (Å²) in [4.78, 5) is 23.7. The second kappa shape index (κ2) is 6.53. The number of esters is 2. The van der Waals surface area contributed by atoms with Gasteiger partial charge in [0.05, 0.1) is 24.5 Å². The van der Waals surface area contributed by atoms with Crippen LogP contribution in [-0.2, 0) is 22.6 Å². The van der Waals surface area contributed by atoms with E-state index in [2.05, 4.69) is 15.0 Å². The van der Waals surface area contributed by atoms with Gasteiger partial charge in [-0.1, -0.05) is 5.21 Å². The number of nitrogens with zero attached hydrogens (tertiary/aromatic N) is 3. The van der Waals surface area contributed by atoms with Crippen LogP contribution in [0.4, 0.5) is 0 Å². The highest BCUT2D eigenvalue weighted by Crippen LogP contribution is 2.17. The lowest BCUT2D eigenvalue weighted by atomic mass is 10.2. The molecule has 0 N–H and O–H groups in total. The minimum absolute atomic E-state index is 0.171. The number of rotatable bonds is 5. The summed E-state index contributed by atoms with van der Waals surface area (Å²) < 4.78 is 16.7. The molecule has 2 aromatic heterocycles. The predicted molar refractivity (Wildman–Crippen MR) is 82.4 cm³/mol. The van der Waals surface area contributed by atoms with Crippen LogP contribution in [0.5, 0.6) is 0 Å². The molecule has 24 heavy (non-hydrogen) atoms. The van der Waals surface area contributed by atoms with Crippen LogP contribution in [0.3, 0.4) is 0 Å². The van der Waals surface area contributed by atoms with E-state index < -0.39 is 11.9 Å². The quantitative estimate of drug-likeness (QED) is 0.662. The summed E-state index contributed by atoms with van der Waals surface area (Å²) in [6, 6.07) is 6.48. The minimum Gasteiger partial charge on any atom is -0.465 e. The molecule has 0 spiro atoms. The Labute approximate surface area is 136 Å². The normalized spacial score (nSPS) is 10.8. The molecule has 3 aromatic rings. The van der Waals surface area contributed by atoms with E-state index >= 15 is 0 Å². The number of aryl methyl sites for hydroxylation is 1. The molecule has 0 atom stereocenters. The van der Waals surface area contributed by atoms with Crippen molar-refractivity contribution >= 4 is 23.0 Å². The van der Waals surface area contributed by atoms with Crippen molar-refractivity contribution in [1.82, 2.24) is 15.0 Å². The predicted octanol–water partition coefficient (Wildman–Crippen LogP) is 2.19. The molecular formula is C16H15N3O5. The van der Waals surface area contributed by atoms with Crippen LogP contribution < -0.4 is 0 Å². The number of methoxy groups -OCH3 is 1. The Kier molecular flexibility index (Phi) is 4.28. The summed E-state index contributed by atoms with van der Waals surface area (Å²) in [5.41, 5.74) is 2.02. The number of carbonyl (C=O) groups is 2. The third kappa shape index (κ3) is 2.85. The molecule has 0 unspecified atom stereocenters. The van der Waals surface area contributed by atoms with Gasteiger partial charge in [-0.3, -0.25) is 0 Å². The van der Waals surface area contributed by atoms with Gasteiger partial charge in [0.15, 0.2) is 12.4 Å². The Morgan fingerprint density at radius 2 is 2.08 bits per heavy atom. The summed E-state index contributed by atoms with van der Waals surface area (Å²) in [6.45, 7) is 2.48. The second-order valence-electron chi connectivity index (χ2n) is 4.93. The molecule has 0 amide bonds. The molecule has 8 heteroatoms. The lowest BCUT2D eigenvalue weighted by Gasteiger charge is -2.05. The number of furan rings is 1. The van der Waals surface area contributed by atoms with Crippen molar-refractivity contribution in [2.24, 2.45) is 0 Å². The van der Waals surface area contributed by atoms with E-state index in [1.807, 2.05) is 6.92 Å². The van der Waals surface area contributed by atoms with Crippen LogP contribution in [0.15, 0.2) is 34.9 Å². The zero-order valence-corrected chi connectivity index (χ0v) is 13.2. The molecular weight excluding hydrogens is 314 g/mol. The molecule has 0 aliphatic carbocycles. The van der Waals surface area contributed by atoms with E-state index in [1.165, 1.54) is 19.4 Å². The number of benzene rings is 1. The maximum Gasteiger partial charge on any atom is 0.341 e. The van der Waals surface area contributed by atoms with Crippen LogP contribution in [-0.4, -0.2) is 34.0 Å². The fraction of sp³-hybridized carbons (Fsp3) is 0.250. The Balaban J connectivity index is 1.74. The fourth-order valence-corrected chi connectivity index (χ4v) is 2.29. The smallest absolute Gasteiger partial charge is 0.341 e. The van der Waals surface area contributed by atoms with Gasteiger partial charge in [0.2, 0.25) is 0 Å². The fourth-order valence-electron chi connectivity index (χ4n) is 2.29. The van der Waals surface area contributed by atoms with Gasteiger partial charge in [0.1, 0.15) is 11.1 Å². The van der Waals surface area contributed by atoms with Gasteiger partial charge < -0.3 is 13.9 Å². The topological polar surface area (TPSA) is 96.5 Å². The van der Waals surface area contributed by atoms with Gasteiger partial charge in [-0.05, 0) is 31.2 Å². The van der Waals surface area contributed by atoms with Gasteiger partial charge in [-0.15, -0.1) is 5.10 Å². The number of ether oxygens (including phenoxy) is 2. The first-order chi connectivity index (χ1) is 11.6. The summed E-state index contributed by atoms with van der Waals surface area (Å²) in [6.07, 6.45) is 1.34. The molecule has 0 fully saturated rings. The number of hydrogen-bond acceptors (Lipinski definition) is 7. The number of hydrogen-bond donors (Lipinski definition) is 0. The Hall–Kier alpha value is -3.16. The summed E-state index contributed by atoms with van der Waals surface area (Å²) in [7, 11) is 1.27. The summed E-state index contributed by atoms with van der Waals surface area (Å²) >= 11 is 0. The maximum atomic E-state index is 12.2. The Morgan fingerprint density at radius 3 is 2.83 bits per heavy atom. The van der Waals surface area contributed by atoms with E-state index in [0.29, 0.717) is 17.6 Å². The SMILES string of the molecule is CCn1nnc2cc(C(=O)OCc3occc3C(=O)OC)ccc21. The van der Waals surface area contributed by atoms with E-state index in [9.17, 15) is 9.59 Å². The molecule has 0 aliphatic heterocycles. The van der Waals surface area contributed by atoms with Crippen molar-refractivity contribution in [1.29, 1.82) is 0 Å². The van der Waals surface area contributed by atoms with E-state index in [4.69, 9.17) is 9.15 Å². The molecule has 2 heterocycles. The first-order valence-electron chi connectivity index (χ1n) is 7.29. The summed E-state index contributed by atoms with van der Waals surface area (Å²) in [5, 5.41) is 8.01. The molecule has 124 valence electrons. The van der Waals surface area contributed by atoms with Crippen molar-refractivity contribution in [3.63, 3.8) is 0 Å². The number of fused-ring (bicyclic) bond motifs is 1. The standard InChI is InChI=1S/C16H15N3O5/c1-3-19-13-5-4-10(8-12(13)17-18-19)15(20)24-9-14-11(6-7-23-14)16(21)22-2/h4-8H,3,9H2,1-2H3. The molecule has 8 nitrogen and oxygen atoms in total. The molecule has 0 saturated carbocycles. The van der Waals surface area contributed by atoms with Crippen molar-refractivity contribution in [3.05, 3.63) is 47.4 Å². The van der Waals surface area contributed by atoms with Crippen LogP contribution >= 0.6 is 0 Å². The highest BCUT2D eigenvalue weighted by Gasteiger charge is 2.17. The van der Waals surface area contributed by atoms with Gasteiger partial charge in [0.25, 0.3) is 0 Å². The van der Waals surface area contributed by atoms with Gasteiger partial charge >= 0.3 is 11.9 Å². The first-order valence-corrected chi connectivity index (χ1v) is 7.29. The van der Waals surface area contributed by atoms with Crippen molar-refractivity contribution in [3.8, 4) is 0 Å². The van der Waals surface area contributed by atoms with Crippen molar-refractivity contribution < 1.29 is 23.5 Å². The largest absolute Gasteiger partial charge is 0.465 e. The Bertz CT molecular complexity index is 896. The monoisotopic (exact) mass is 329 g/mol. The van der Waals surface area contributed by atoms with Crippen LogP contribution in [0, 0.1) is 0 Å². The van der Waals surface area contributed by atoms with E-state index in [1.54, 1.807) is 22.9 Å². The second-order valence-corrected chi connectivity index (χ2v) is 4.93. The lowest BCUT2D eigenvalue weighted by Crippen LogP contribution is -2.08. The van der Waals surface area contributed by atoms with Crippen LogP contribution in [0.1, 0.15) is 33.4 Å². The molecule has 0 bridgehead atoms. The lowest BCUT2D eigenvalue weighted by molar-refractivity contribution is 0.0432. The minimum atomic E-state index is -0.549. The first kappa shape index (κ1) is 15.7. The van der Waals surface area contributed by atoms with E-state index in [-0.39, 0.29) is 17.9 Å². The highest BCUT2D eigenvalue weighted by molar-refractivity contribution is 5.94. The van der Waals surface area contributed by atoms with E-state index in [0.717, 1.165) is 5.52 Å². The van der Waals surface area contributed by atoms with Crippen LogP contribution in [0.2, 0.25) is 0 Å². The average molecular weight is 329 g/mol. The third-order valence-corrected chi connectivity index (χ3v) is 3.53.